The van der Waals surface area contributed by atoms with Crippen molar-refractivity contribution >= 4 is 34.8 Å². The number of benzene rings is 1. The van der Waals surface area contributed by atoms with E-state index in [4.69, 9.17) is 23.2 Å². The number of hydrogen-bond donors (Lipinski definition) is 1. The minimum atomic E-state index is -0.0912. The Labute approximate surface area is 121 Å². The van der Waals surface area contributed by atoms with Crippen LogP contribution in [-0.2, 0) is 11.3 Å². The lowest BCUT2D eigenvalue weighted by molar-refractivity contribution is -0.116. The predicted molar refractivity (Wildman–Crippen MR) is 76.7 cm³/mol. The molecule has 0 spiro atoms. The van der Waals surface area contributed by atoms with E-state index in [-0.39, 0.29) is 5.91 Å². The fraction of sp³-hybridized carbons (Fsp3) is 0.231. The highest BCUT2D eigenvalue weighted by atomic mass is 35.5. The van der Waals surface area contributed by atoms with Crippen LogP contribution in [0.15, 0.2) is 30.6 Å². The van der Waals surface area contributed by atoms with Crippen LogP contribution in [-0.4, -0.2) is 15.7 Å². The van der Waals surface area contributed by atoms with Gasteiger partial charge >= 0.3 is 0 Å². The zero-order valence-electron chi connectivity index (χ0n) is 10.4. The Morgan fingerprint density at radius 2 is 2.16 bits per heavy atom. The van der Waals surface area contributed by atoms with Crippen molar-refractivity contribution in [3.63, 3.8) is 0 Å². The Kier molecular flexibility index (Phi) is 4.45. The lowest BCUT2D eigenvalue weighted by Gasteiger charge is -2.06. The number of nitrogens with zero attached hydrogens (tertiary/aromatic N) is 2. The molecule has 6 heteroatoms. The maximum absolute atomic E-state index is 11.8. The number of amides is 1. The van der Waals surface area contributed by atoms with Gasteiger partial charge in [-0.15, -0.1) is 0 Å². The third kappa shape index (κ3) is 3.98. The first-order chi connectivity index (χ1) is 9.04. The van der Waals surface area contributed by atoms with Crippen LogP contribution in [0.5, 0.6) is 0 Å². The summed E-state index contributed by atoms with van der Waals surface area (Å²) in [7, 11) is 0. The molecular weight excluding hydrogens is 285 g/mol. The van der Waals surface area contributed by atoms with Crippen LogP contribution in [0, 0.1) is 6.92 Å². The first-order valence-electron chi connectivity index (χ1n) is 5.78. The molecule has 1 amide bonds. The minimum Gasteiger partial charge on any atom is -0.326 e. The number of aromatic nitrogens is 2. The monoisotopic (exact) mass is 297 g/mol. The zero-order chi connectivity index (χ0) is 13.8. The molecule has 0 saturated carbocycles. The second-order valence-corrected chi connectivity index (χ2v) is 5.02. The number of carbonyl (C=O) groups excluding carboxylic acids is 1. The molecule has 1 aromatic heterocycles. The van der Waals surface area contributed by atoms with Crippen molar-refractivity contribution in [2.24, 2.45) is 0 Å². The molecule has 0 fully saturated rings. The normalized spacial score (nSPS) is 10.5. The molecule has 4 nitrogen and oxygen atoms in total. The highest BCUT2D eigenvalue weighted by molar-refractivity contribution is 6.42. The molecule has 0 unspecified atom stereocenters. The van der Waals surface area contributed by atoms with Gasteiger partial charge in [0, 0.05) is 24.8 Å². The number of rotatable bonds is 4. The van der Waals surface area contributed by atoms with Gasteiger partial charge in [0.2, 0.25) is 5.91 Å². The average molecular weight is 298 g/mol. The van der Waals surface area contributed by atoms with Gasteiger partial charge in [0.05, 0.1) is 16.2 Å². The molecular formula is C13H13Cl2N3O. The van der Waals surface area contributed by atoms with Crippen LogP contribution in [0.4, 0.5) is 5.69 Å². The molecule has 1 N–H and O–H groups in total. The lowest BCUT2D eigenvalue weighted by Crippen LogP contribution is -2.14. The summed E-state index contributed by atoms with van der Waals surface area (Å²) in [6.45, 7) is 2.50. The van der Waals surface area contributed by atoms with E-state index in [1.54, 1.807) is 29.1 Å². The van der Waals surface area contributed by atoms with E-state index in [1.165, 1.54) is 0 Å². The smallest absolute Gasteiger partial charge is 0.226 e. The van der Waals surface area contributed by atoms with Gasteiger partial charge in [-0.2, -0.15) is 5.10 Å². The van der Waals surface area contributed by atoms with E-state index in [0.717, 1.165) is 5.56 Å². The number of aryl methyl sites for hydroxylation is 2. The fourth-order valence-electron chi connectivity index (χ4n) is 1.60. The van der Waals surface area contributed by atoms with Crippen molar-refractivity contribution in [1.29, 1.82) is 0 Å². The summed E-state index contributed by atoms with van der Waals surface area (Å²) in [5.41, 5.74) is 1.71. The molecule has 0 bridgehead atoms. The summed E-state index contributed by atoms with van der Waals surface area (Å²) >= 11 is 11.7. The molecule has 0 saturated heterocycles. The van der Waals surface area contributed by atoms with Gasteiger partial charge in [-0.05, 0) is 30.7 Å². The molecule has 1 aromatic carbocycles. The van der Waals surface area contributed by atoms with Gasteiger partial charge in [0.1, 0.15) is 0 Å². The summed E-state index contributed by atoms with van der Waals surface area (Å²) in [6.07, 6.45) is 4.00. The van der Waals surface area contributed by atoms with E-state index in [0.29, 0.717) is 28.7 Å². The van der Waals surface area contributed by atoms with Crippen molar-refractivity contribution < 1.29 is 4.79 Å². The van der Waals surface area contributed by atoms with Crippen LogP contribution in [0.3, 0.4) is 0 Å². The van der Waals surface area contributed by atoms with Gasteiger partial charge in [-0.25, -0.2) is 0 Å². The van der Waals surface area contributed by atoms with E-state index in [2.05, 4.69) is 10.4 Å². The van der Waals surface area contributed by atoms with E-state index in [1.807, 2.05) is 13.1 Å². The maximum Gasteiger partial charge on any atom is 0.226 e. The molecule has 100 valence electrons. The lowest BCUT2D eigenvalue weighted by atomic mass is 10.3. The Morgan fingerprint density at radius 1 is 1.37 bits per heavy atom. The van der Waals surface area contributed by atoms with Crippen LogP contribution in [0.1, 0.15) is 12.0 Å². The molecule has 2 rings (SSSR count). The number of hydrogen-bond acceptors (Lipinski definition) is 2. The first kappa shape index (κ1) is 13.9. The summed E-state index contributed by atoms with van der Waals surface area (Å²) < 4.78 is 1.74. The van der Waals surface area contributed by atoms with Gasteiger partial charge < -0.3 is 5.32 Å². The largest absolute Gasteiger partial charge is 0.326 e. The quantitative estimate of drug-likeness (QED) is 0.938. The third-order valence-electron chi connectivity index (χ3n) is 2.53. The van der Waals surface area contributed by atoms with E-state index < -0.39 is 0 Å². The zero-order valence-corrected chi connectivity index (χ0v) is 11.9. The van der Waals surface area contributed by atoms with Crippen LogP contribution < -0.4 is 5.32 Å². The number of carbonyl (C=O) groups is 1. The predicted octanol–water partition coefficient (Wildman–Crippen LogP) is 3.53. The molecule has 0 aliphatic rings. The van der Waals surface area contributed by atoms with Crippen molar-refractivity contribution in [3.05, 3.63) is 46.2 Å². The van der Waals surface area contributed by atoms with Crippen LogP contribution in [0.2, 0.25) is 10.0 Å². The highest BCUT2D eigenvalue weighted by Crippen LogP contribution is 2.25. The molecule has 0 aliphatic carbocycles. The molecule has 0 aliphatic heterocycles. The molecule has 0 radical (unpaired) electrons. The molecule has 1 heterocycles. The third-order valence-corrected chi connectivity index (χ3v) is 3.27. The number of nitrogens with one attached hydrogen (secondary N) is 1. The SMILES string of the molecule is Cc1cnn(CCC(=O)Nc2ccc(Cl)c(Cl)c2)c1. The van der Waals surface area contributed by atoms with Gasteiger partial charge in [0.15, 0.2) is 0 Å². The summed E-state index contributed by atoms with van der Waals surface area (Å²) in [5.74, 6) is -0.0912. The van der Waals surface area contributed by atoms with Gasteiger partial charge in [-0.3, -0.25) is 9.48 Å². The fourth-order valence-corrected chi connectivity index (χ4v) is 1.90. The van der Waals surface area contributed by atoms with Crippen molar-refractivity contribution in [3.8, 4) is 0 Å². The molecule has 19 heavy (non-hydrogen) atoms. The van der Waals surface area contributed by atoms with E-state index >= 15 is 0 Å². The summed E-state index contributed by atoms with van der Waals surface area (Å²) in [5, 5.41) is 7.77. The van der Waals surface area contributed by atoms with Crippen molar-refractivity contribution in [2.75, 3.05) is 5.32 Å². The van der Waals surface area contributed by atoms with Crippen molar-refractivity contribution in [1.82, 2.24) is 9.78 Å². The second-order valence-electron chi connectivity index (χ2n) is 4.21. The number of halogens is 2. The number of anilines is 1. The highest BCUT2D eigenvalue weighted by Gasteiger charge is 2.05. The van der Waals surface area contributed by atoms with Crippen molar-refractivity contribution in [2.45, 2.75) is 19.9 Å². The Hall–Kier alpha value is -1.52. The summed E-state index contributed by atoms with van der Waals surface area (Å²) in [6, 6.07) is 4.99. The average Bonchev–Trinajstić information content (AvgIpc) is 2.77. The Bertz CT molecular complexity index is 595. The first-order valence-corrected chi connectivity index (χ1v) is 6.54. The molecule has 2 aromatic rings. The second kappa shape index (κ2) is 6.08. The van der Waals surface area contributed by atoms with Crippen LogP contribution >= 0.6 is 23.2 Å². The molecule has 0 atom stereocenters. The van der Waals surface area contributed by atoms with Crippen LogP contribution in [0.25, 0.3) is 0 Å². The van der Waals surface area contributed by atoms with E-state index in [9.17, 15) is 4.79 Å². The Morgan fingerprint density at radius 3 is 2.79 bits per heavy atom. The topological polar surface area (TPSA) is 46.9 Å². The van der Waals surface area contributed by atoms with Gasteiger partial charge in [0.25, 0.3) is 0 Å². The summed E-state index contributed by atoms with van der Waals surface area (Å²) in [4.78, 5) is 11.8. The Balaban J connectivity index is 1.88. The minimum absolute atomic E-state index is 0.0912. The van der Waals surface area contributed by atoms with Gasteiger partial charge in [-0.1, -0.05) is 23.2 Å². The maximum atomic E-state index is 11.8. The standard InChI is InChI=1S/C13H13Cl2N3O/c1-9-7-16-18(8-9)5-4-13(19)17-10-2-3-11(14)12(15)6-10/h2-3,6-8H,4-5H2,1H3,(H,17,19).